The summed E-state index contributed by atoms with van der Waals surface area (Å²) in [5, 5.41) is 11.5. The SMILES string of the molecule is CC(CO)NC(=O)CCCS(=O)c1ccc(Br)cc1. The van der Waals surface area contributed by atoms with Crippen molar-refractivity contribution >= 4 is 32.6 Å². The van der Waals surface area contributed by atoms with Crippen LogP contribution in [-0.4, -0.2) is 33.6 Å². The van der Waals surface area contributed by atoms with E-state index >= 15 is 0 Å². The molecule has 0 saturated carbocycles. The Bertz CT molecular complexity index is 436. The van der Waals surface area contributed by atoms with Crippen molar-refractivity contribution in [3.05, 3.63) is 28.7 Å². The maximum atomic E-state index is 11.9. The smallest absolute Gasteiger partial charge is 0.220 e. The highest BCUT2D eigenvalue weighted by Crippen LogP contribution is 2.14. The Hall–Kier alpha value is -0.720. The molecule has 0 aliphatic heterocycles. The van der Waals surface area contributed by atoms with Gasteiger partial charge >= 0.3 is 0 Å². The number of nitrogens with one attached hydrogen (secondary N) is 1. The lowest BCUT2D eigenvalue weighted by molar-refractivity contribution is -0.121. The second-order valence-electron chi connectivity index (χ2n) is 4.26. The first-order valence-corrected chi connectivity index (χ1v) is 8.18. The van der Waals surface area contributed by atoms with Gasteiger partial charge in [0, 0.05) is 27.6 Å². The van der Waals surface area contributed by atoms with E-state index in [9.17, 15) is 9.00 Å². The molecule has 0 aromatic heterocycles. The summed E-state index contributed by atoms with van der Waals surface area (Å²) in [6.45, 7) is 1.66. The van der Waals surface area contributed by atoms with Crippen LogP contribution in [-0.2, 0) is 15.6 Å². The van der Waals surface area contributed by atoms with Crippen molar-refractivity contribution in [1.82, 2.24) is 5.32 Å². The first-order valence-electron chi connectivity index (χ1n) is 6.07. The Morgan fingerprint density at radius 3 is 2.63 bits per heavy atom. The molecule has 2 unspecified atom stereocenters. The van der Waals surface area contributed by atoms with Gasteiger partial charge in [-0.3, -0.25) is 9.00 Å². The van der Waals surface area contributed by atoms with Crippen molar-refractivity contribution in [1.29, 1.82) is 0 Å². The highest BCUT2D eigenvalue weighted by Gasteiger charge is 2.08. The van der Waals surface area contributed by atoms with Crippen LogP contribution in [0.2, 0.25) is 0 Å². The summed E-state index contributed by atoms with van der Waals surface area (Å²) in [7, 11) is -1.07. The van der Waals surface area contributed by atoms with Gasteiger partial charge < -0.3 is 10.4 Å². The molecule has 1 aromatic rings. The number of carbonyl (C=O) groups excluding carboxylic acids is 1. The summed E-state index contributed by atoms with van der Waals surface area (Å²) in [6.07, 6.45) is 0.888. The average Bonchev–Trinajstić information content (AvgIpc) is 2.39. The highest BCUT2D eigenvalue weighted by atomic mass is 79.9. The van der Waals surface area contributed by atoms with E-state index in [1.165, 1.54) is 0 Å². The predicted molar refractivity (Wildman–Crippen MR) is 79.3 cm³/mol. The molecular formula is C13H18BrNO3S. The largest absolute Gasteiger partial charge is 0.394 e. The van der Waals surface area contributed by atoms with Crippen LogP contribution in [0, 0.1) is 0 Å². The number of aliphatic hydroxyl groups is 1. The fraction of sp³-hybridized carbons (Fsp3) is 0.462. The van der Waals surface area contributed by atoms with Crippen LogP contribution in [0.15, 0.2) is 33.6 Å². The van der Waals surface area contributed by atoms with Crippen molar-refractivity contribution in [3.8, 4) is 0 Å². The van der Waals surface area contributed by atoms with Gasteiger partial charge in [0.1, 0.15) is 0 Å². The van der Waals surface area contributed by atoms with Gasteiger partial charge in [-0.2, -0.15) is 0 Å². The minimum absolute atomic E-state index is 0.0729. The van der Waals surface area contributed by atoms with Crippen LogP contribution < -0.4 is 5.32 Å². The van der Waals surface area contributed by atoms with E-state index in [-0.39, 0.29) is 18.6 Å². The molecule has 1 amide bonds. The maximum Gasteiger partial charge on any atom is 0.220 e. The quantitative estimate of drug-likeness (QED) is 0.790. The van der Waals surface area contributed by atoms with Crippen LogP contribution in [0.3, 0.4) is 0 Å². The minimum Gasteiger partial charge on any atom is -0.394 e. The van der Waals surface area contributed by atoms with Crippen molar-refractivity contribution in [3.63, 3.8) is 0 Å². The van der Waals surface area contributed by atoms with E-state index in [4.69, 9.17) is 5.11 Å². The lowest BCUT2D eigenvalue weighted by Crippen LogP contribution is -2.34. The van der Waals surface area contributed by atoms with Crippen LogP contribution in [0.25, 0.3) is 0 Å². The summed E-state index contributed by atoms with van der Waals surface area (Å²) in [5.41, 5.74) is 0. The van der Waals surface area contributed by atoms with Gasteiger partial charge in [0.05, 0.1) is 17.4 Å². The highest BCUT2D eigenvalue weighted by molar-refractivity contribution is 9.10. The Morgan fingerprint density at radius 2 is 2.05 bits per heavy atom. The van der Waals surface area contributed by atoms with Gasteiger partial charge in [-0.1, -0.05) is 15.9 Å². The fourth-order valence-electron chi connectivity index (χ4n) is 1.46. The Morgan fingerprint density at radius 1 is 1.42 bits per heavy atom. The molecular weight excluding hydrogens is 330 g/mol. The van der Waals surface area contributed by atoms with Gasteiger partial charge in [-0.05, 0) is 37.6 Å². The topological polar surface area (TPSA) is 66.4 Å². The predicted octanol–water partition coefficient (Wildman–Crippen LogP) is 1.83. The molecule has 1 rings (SSSR count). The van der Waals surface area contributed by atoms with E-state index in [1.54, 1.807) is 6.92 Å². The molecule has 0 heterocycles. The zero-order valence-corrected chi connectivity index (χ0v) is 13.2. The molecule has 106 valence electrons. The second-order valence-corrected chi connectivity index (χ2v) is 6.74. The van der Waals surface area contributed by atoms with E-state index < -0.39 is 10.8 Å². The van der Waals surface area contributed by atoms with E-state index in [1.807, 2.05) is 24.3 Å². The third-order valence-electron chi connectivity index (χ3n) is 2.49. The monoisotopic (exact) mass is 347 g/mol. The first kappa shape index (κ1) is 16.3. The van der Waals surface area contributed by atoms with Gasteiger partial charge in [0.15, 0.2) is 0 Å². The number of carbonyl (C=O) groups is 1. The summed E-state index contributed by atoms with van der Waals surface area (Å²) in [5.74, 6) is 0.345. The Labute approximate surface area is 124 Å². The minimum atomic E-state index is -1.07. The molecule has 0 saturated heterocycles. The average molecular weight is 348 g/mol. The Kier molecular flexibility index (Phi) is 7.27. The van der Waals surface area contributed by atoms with Crippen molar-refractivity contribution in [2.75, 3.05) is 12.4 Å². The van der Waals surface area contributed by atoms with Crippen LogP contribution in [0.5, 0.6) is 0 Å². The van der Waals surface area contributed by atoms with Crippen LogP contribution >= 0.6 is 15.9 Å². The van der Waals surface area contributed by atoms with Gasteiger partial charge in [0.25, 0.3) is 0 Å². The number of amides is 1. The molecule has 4 nitrogen and oxygen atoms in total. The zero-order chi connectivity index (χ0) is 14.3. The Balaban J connectivity index is 2.31. The molecule has 19 heavy (non-hydrogen) atoms. The molecule has 0 spiro atoms. The fourth-order valence-corrected chi connectivity index (χ4v) is 2.81. The lowest BCUT2D eigenvalue weighted by Gasteiger charge is -2.10. The van der Waals surface area contributed by atoms with E-state index in [0.29, 0.717) is 18.6 Å². The van der Waals surface area contributed by atoms with Crippen molar-refractivity contribution in [2.24, 2.45) is 0 Å². The molecule has 0 radical (unpaired) electrons. The number of hydrogen-bond acceptors (Lipinski definition) is 3. The molecule has 1 aromatic carbocycles. The maximum absolute atomic E-state index is 11.9. The molecule has 2 N–H and O–H groups in total. The number of aliphatic hydroxyl groups excluding tert-OH is 1. The molecule has 6 heteroatoms. The lowest BCUT2D eigenvalue weighted by atomic mass is 10.3. The van der Waals surface area contributed by atoms with Crippen LogP contribution in [0.4, 0.5) is 0 Å². The molecule has 0 aliphatic rings. The van der Waals surface area contributed by atoms with Gasteiger partial charge in [-0.25, -0.2) is 0 Å². The van der Waals surface area contributed by atoms with Crippen molar-refractivity contribution in [2.45, 2.75) is 30.7 Å². The molecule has 2 atom stereocenters. The summed E-state index contributed by atoms with van der Waals surface area (Å²) < 4.78 is 12.9. The van der Waals surface area contributed by atoms with E-state index in [0.717, 1.165) is 9.37 Å². The molecule has 0 bridgehead atoms. The summed E-state index contributed by atoms with van der Waals surface area (Å²) in [4.78, 5) is 12.2. The van der Waals surface area contributed by atoms with Gasteiger partial charge in [-0.15, -0.1) is 0 Å². The third-order valence-corrected chi connectivity index (χ3v) is 4.48. The molecule has 0 fully saturated rings. The number of rotatable bonds is 7. The van der Waals surface area contributed by atoms with Crippen molar-refractivity contribution < 1.29 is 14.1 Å². The second kappa shape index (κ2) is 8.45. The van der Waals surface area contributed by atoms with Gasteiger partial charge in [0.2, 0.25) is 5.91 Å². The number of benzene rings is 1. The third kappa shape index (κ3) is 6.31. The summed E-state index contributed by atoms with van der Waals surface area (Å²) in [6, 6.07) is 7.10. The normalized spacial score (nSPS) is 13.8. The number of hydrogen-bond donors (Lipinski definition) is 2. The van der Waals surface area contributed by atoms with E-state index in [2.05, 4.69) is 21.2 Å². The standard InChI is InChI=1S/C13H18BrNO3S/c1-10(9-16)15-13(17)3-2-8-19(18)12-6-4-11(14)5-7-12/h4-7,10,16H,2-3,8-9H2,1H3,(H,15,17). The first-order chi connectivity index (χ1) is 9.02. The van der Waals surface area contributed by atoms with Crippen LogP contribution in [0.1, 0.15) is 19.8 Å². The summed E-state index contributed by atoms with van der Waals surface area (Å²) >= 11 is 3.32. The zero-order valence-electron chi connectivity index (χ0n) is 10.8. The number of halogens is 1. The molecule has 0 aliphatic carbocycles.